The molecule has 0 saturated heterocycles. The van der Waals surface area contributed by atoms with Crippen LogP contribution in [0.25, 0.3) is 0 Å². The van der Waals surface area contributed by atoms with Gasteiger partial charge in [-0.3, -0.25) is 0 Å². The Morgan fingerprint density at radius 1 is 1.25 bits per heavy atom. The van der Waals surface area contributed by atoms with Crippen LogP contribution in [0.5, 0.6) is 5.75 Å². The summed E-state index contributed by atoms with van der Waals surface area (Å²) in [5.41, 5.74) is 1.45. The van der Waals surface area contributed by atoms with Crippen molar-refractivity contribution in [2.45, 2.75) is 39.3 Å². The quantitative estimate of drug-likeness (QED) is 0.587. The zero-order valence-electron chi connectivity index (χ0n) is 10.2. The normalized spacial score (nSPS) is 12.8. The van der Waals surface area contributed by atoms with Crippen LogP contribution in [0.2, 0.25) is 0 Å². The van der Waals surface area contributed by atoms with Gasteiger partial charge in [0.1, 0.15) is 5.75 Å². The third kappa shape index (κ3) is 3.76. The van der Waals surface area contributed by atoms with Crippen molar-refractivity contribution in [2.24, 2.45) is 4.99 Å². The fourth-order valence-corrected chi connectivity index (χ4v) is 1.48. The van der Waals surface area contributed by atoms with E-state index in [9.17, 15) is 0 Å². The molecule has 0 radical (unpaired) electrons. The summed E-state index contributed by atoms with van der Waals surface area (Å²) in [6.07, 6.45) is -0.280. The molecule has 0 N–H and O–H groups in total. The molecular formula is C13H17NOS. The molecular weight excluding hydrogens is 218 g/mol. The highest BCUT2D eigenvalue weighted by molar-refractivity contribution is 7.78. The Labute approximate surface area is 102 Å². The van der Waals surface area contributed by atoms with E-state index in [2.05, 4.69) is 55.3 Å². The Kier molecular flexibility index (Phi) is 4.22. The van der Waals surface area contributed by atoms with E-state index in [4.69, 9.17) is 4.74 Å². The molecule has 16 heavy (non-hydrogen) atoms. The fraction of sp³-hybridized carbons (Fsp3) is 0.462. The third-order valence-electron chi connectivity index (χ3n) is 2.26. The molecule has 0 saturated carbocycles. The first-order valence-corrected chi connectivity index (χ1v) is 5.68. The second kappa shape index (κ2) is 5.24. The molecule has 0 aromatic heterocycles. The summed E-state index contributed by atoms with van der Waals surface area (Å²) in [5, 5.41) is 2.31. The number of hydrogen-bond acceptors (Lipinski definition) is 3. The van der Waals surface area contributed by atoms with E-state index < -0.39 is 0 Å². The lowest BCUT2D eigenvalue weighted by Gasteiger charge is -2.19. The largest absolute Gasteiger partial charge is 0.468 e. The smallest absolute Gasteiger partial charge is 0.196 e. The van der Waals surface area contributed by atoms with Crippen LogP contribution in [0, 0.1) is 0 Å². The van der Waals surface area contributed by atoms with Gasteiger partial charge in [0.2, 0.25) is 0 Å². The van der Waals surface area contributed by atoms with Crippen LogP contribution in [-0.4, -0.2) is 11.4 Å². The van der Waals surface area contributed by atoms with E-state index in [0.717, 1.165) is 5.75 Å². The monoisotopic (exact) mass is 235 g/mol. The maximum atomic E-state index is 5.53. The van der Waals surface area contributed by atoms with Crippen molar-refractivity contribution < 1.29 is 4.74 Å². The summed E-state index contributed by atoms with van der Waals surface area (Å²) in [5.74, 6) is 0.800. The lowest BCUT2D eigenvalue weighted by atomic mass is 9.87. The number of thiocarbonyl (C=S) groups is 1. The molecule has 0 heterocycles. The Morgan fingerprint density at radius 3 is 2.25 bits per heavy atom. The number of nitrogens with zero attached hydrogens (tertiary/aromatic N) is 1. The lowest BCUT2D eigenvalue weighted by Crippen LogP contribution is -2.11. The van der Waals surface area contributed by atoms with E-state index in [0.29, 0.717) is 0 Å². The molecule has 1 aromatic carbocycles. The number of isothiocyanates is 1. The molecule has 0 spiro atoms. The first-order valence-electron chi connectivity index (χ1n) is 5.27. The number of ether oxygens (including phenoxy) is 1. The average Bonchev–Trinajstić information content (AvgIpc) is 2.17. The summed E-state index contributed by atoms with van der Waals surface area (Å²) < 4.78 is 5.53. The first kappa shape index (κ1) is 12.9. The van der Waals surface area contributed by atoms with Gasteiger partial charge in [-0.15, -0.1) is 0 Å². The molecule has 2 nitrogen and oxygen atoms in total. The zero-order valence-corrected chi connectivity index (χ0v) is 11.0. The second-order valence-electron chi connectivity index (χ2n) is 4.71. The molecule has 0 fully saturated rings. The van der Waals surface area contributed by atoms with Crippen LogP contribution in [0.1, 0.15) is 33.3 Å². The zero-order chi connectivity index (χ0) is 12.2. The highest BCUT2D eigenvalue weighted by atomic mass is 32.1. The summed E-state index contributed by atoms with van der Waals surface area (Å²) in [4.78, 5) is 3.83. The van der Waals surface area contributed by atoms with Crippen molar-refractivity contribution in [3.63, 3.8) is 0 Å². The van der Waals surface area contributed by atoms with Crippen molar-refractivity contribution in [3.05, 3.63) is 29.8 Å². The van der Waals surface area contributed by atoms with Gasteiger partial charge in [-0.05, 0) is 42.3 Å². The van der Waals surface area contributed by atoms with Crippen molar-refractivity contribution in [1.82, 2.24) is 0 Å². The highest BCUT2D eigenvalue weighted by Gasteiger charge is 2.13. The predicted molar refractivity (Wildman–Crippen MR) is 70.3 cm³/mol. The van der Waals surface area contributed by atoms with Gasteiger partial charge < -0.3 is 4.74 Å². The van der Waals surface area contributed by atoms with Gasteiger partial charge in [-0.25, -0.2) is 0 Å². The van der Waals surface area contributed by atoms with Gasteiger partial charge in [-0.2, -0.15) is 4.99 Å². The van der Waals surface area contributed by atoms with Crippen LogP contribution in [0.3, 0.4) is 0 Å². The molecule has 1 unspecified atom stereocenters. The van der Waals surface area contributed by atoms with Crippen LogP contribution in [0.4, 0.5) is 0 Å². The van der Waals surface area contributed by atoms with Crippen molar-refractivity contribution in [3.8, 4) is 5.75 Å². The van der Waals surface area contributed by atoms with Gasteiger partial charge in [0.15, 0.2) is 6.23 Å². The number of hydrogen-bond donors (Lipinski definition) is 0. The molecule has 0 bridgehead atoms. The van der Waals surface area contributed by atoms with Gasteiger partial charge in [0, 0.05) is 0 Å². The molecule has 0 aliphatic rings. The van der Waals surface area contributed by atoms with Crippen LogP contribution < -0.4 is 4.74 Å². The Bertz CT molecular complexity index is 385. The SMILES string of the molecule is CC(N=C=S)Oc1ccc(C(C)(C)C)cc1. The summed E-state index contributed by atoms with van der Waals surface area (Å²) in [6.45, 7) is 8.38. The van der Waals surface area contributed by atoms with Crippen molar-refractivity contribution >= 4 is 17.4 Å². The number of aliphatic imine (C=N–C) groups is 1. The van der Waals surface area contributed by atoms with E-state index in [1.807, 2.05) is 19.1 Å². The topological polar surface area (TPSA) is 21.6 Å². The minimum atomic E-state index is -0.280. The van der Waals surface area contributed by atoms with Crippen LogP contribution >= 0.6 is 12.2 Å². The fourth-order valence-electron chi connectivity index (χ4n) is 1.33. The van der Waals surface area contributed by atoms with Crippen molar-refractivity contribution in [1.29, 1.82) is 0 Å². The van der Waals surface area contributed by atoms with Gasteiger partial charge >= 0.3 is 0 Å². The van der Waals surface area contributed by atoms with Gasteiger partial charge in [-0.1, -0.05) is 32.9 Å². The molecule has 0 aliphatic heterocycles. The average molecular weight is 235 g/mol. The molecule has 1 atom stereocenters. The Hall–Kier alpha value is -1.18. The Morgan fingerprint density at radius 2 is 1.81 bits per heavy atom. The highest BCUT2D eigenvalue weighted by Crippen LogP contribution is 2.24. The van der Waals surface area contributed by atoms with E-state index in [1.54, 1.807) is 0 Å². The summed E-state index contributed by atoms with van der Waals surface area (Å²) >= 11 is 4.52. The minimum Gasteiger partial charge on any atom is -0.468 e. The molecule has 0 amide bonds. The second-order valence-corrected chi connectivity index (χ2v) is 4.89. The number of benzene rings is 1. The Balaban J connectivity index is 2.76. The van der Waals surface area contributed by atoms with Crippen molar-refractivity contribution in [2.75, 3.05) is 0 Å². The van der Waals surface area contributed by atoms with Crippen LogP contribution in [0.15, 0.2) is 29.3 Å². The van der Waals surface area contributed by atoms with Crippen LogP contribution in [-0.2, 0) is 5.41 Å². The standard InChI is InChI=1S/C13H17NOS/c1-10(14-9-16)15-12-7-5-11(6-8-12)13(2,3)4/h5-8,10H,1-4H3. The number of rotatable bonds is 3. The van der Waals surface area contributed by atoms with E-state index in [-0.39, 0.29) is 11.6 Å². The minimum absolute atomic E-state index is 0.163. The molecule has 86 valence electrons. The van der Waals surface area contributed by atoms with Gasteiger partial charge in [0.25, 0.3) is 0 Å². The summed E-state index contributed by atoms with van der Waals surface area (Å²) in [6, 6.07) is 8.05. The predicted octanol–water partition coefficient (Wildman–Crippen LogP) is 3.81. The molecule has 1 aromatic rings. The molecule has 3 heteroatoms. The summed E-state index contributed by atoms with van der Waals surface area (Å²) in [7, 11) is 0. The molecule has 1 rings (SSSR count). The van der Waals surface area contributed by atoms with E-state index in [1.165, 1.54) is 5.56 Å². The molecule has 0 aliphatic carbocycles. The maximum Gasteiger partial charge on any atom is 0.196 e. The van der Waals surface area contributed by atoms with Gasteiger partial charge in [0.05, 0.1) is 5.16 Å². The van der Waals surface area contributed by atoms with E-state index >= 15 is 0 Å². The maximum absolute atomic E-state index is 5.53. The third-order valence-corrected chi connectivity index (χ3v) is 2.37. The lowest BCUT2D eigenvalue weighted by molar-refractivity contribution is 0.233. The first-order chi connectivity index (χ1) is 7.43.